The van der Waals surface area contributed by atoms with Gasteiger partial charge < -0.3 is 10.2 Å². The largest absolute Gasteiger partial charge is 0.333 e. The molecule has 0 bridgehead atoms. The molecule has 0 atom stereocenters. The van der Waals surface area contributed by atoms with E-state index in [-0.39, 0.29) is 24.2 Å². The molecule has 1 N–H and O–H groups in total. The summed E-state index contributed by atoms with van der Waals surface area (Å²) < 4.78 is 12.9. The number of amides is 2. The number of thiazole rings is 1. The van der Waals surface area contributed by atoms with Crippen LogP contribution < -0.4 is 5.32 Å². The molecule has 2 aromatic rings. The van der Waals surface area contributed by atoms with Crippen molar-refractivity contribution in [2.75, 3.05) is 18.4 Å². The second-order valence-corrected chi connectivity index (χ2v) is 7.22. The number of hydrogen-bond acceptors (Lipinski definition) is 4. The van der Waals surface area contributed by atoms with Crippen molar-refractivity contribution in [2.24, 2.45) is 0 Å². The topological polar surface area (TPSA) is 62.3 Å². The summed E-state index contributed by atoms with van der Waals surface area (Å²) in [5.74, 6) is -0.439. The van der Waals surface area contributed by atoms with Gasteiger partial charge in [-0.05, 0) is 30.5 Å². The summed E-state index contributed by atoms with van der Waals surface area (Å²) in [6.45, 7) is 0.714. The van der Waals surface area contributed by atoms with Crippen molar-refractivity contribution < 1.29 is 14.0 Å². The minimum absolute atomic E-state index is 0.0452. The van der Waals surface area contributed by atoms with Crippen LogP contribution in [0.3, 0.4) is 0 Å². The number of carbonyl (C=O) groups excluding carboxylic acids is 2. The van der Waals surface area contributed by atoms with Crippen molar-refractivity contribution >= 4 is 28.3 Å². The van der Waals surface area contributed by atoms with E-state index in [1.807, 2.05) is 0 Å². The van der Waals surface area contributed by atoms with Gasteiger partial charge in [-0.1, -0.05) is 18.6 Å². The fraction of sp³-hybridized carbons (Fsp3) is 0.389. The average molecular weight is 361 g/mol. The van der Waals surface area contributed by atoms with Crippen molar-refractivity contribution in [3.8, 4) is 0 Å². The van der Waals surface area contributed by atoms with E-state index in [0.29, 0.717) is 24.5 Å². The standard InChI is InChI=1S/C18H20FN3O2S/c19-14-7-5-13(6-8-14)10-15-11-20-18(25-15)21-16(23)12-22-9-3-1-2-4-17(22)24/h5-8,11H,1-4,9-10,12H2,(H,20,21,23). The van der Waals surface area contributed by atoms with Crippen LogP contribution in [0.25, 0.3) is 0 Å². The molecule has 1 saturated heterocycles. The van der Waals surface area contributed by atoms with Gasteiger partial charge in [-0.2, -0.15) is 0 Å². The van der Waals surface area contributed by atoms with E-state index < -0.39 is 0 Å². The maximum Gasteiger partial charge on any atom is 0.245 e. The van der Waals surface area contributed by atoms with Crippen LogP contribution in [0.1, 0.15) is 36.1 Å². The van der Waals surface area contributed by atoms with Gasteiger partial charge >= 0.3 is 0 Å². The minimum atomic E-state index is -0.260. The van der Waals surface area contributed by atoms with Crippen LogP contribution in [-0.4, -0.2) is 34.8 Å². The molecule has 7 heteroatoms. The SMILES string of the molecule is O=C(CN1CCCCCC1=O)Nc1ncc(Cc2ccc(F)cc2)s1. The van der Waals surface area contributed by atoms with Crippen molar-refractivity contribution in [2.45, 2.75) is 32.1 Å². The fourth-order valence-electron chi connectivity index (χ4n) is 2.79. The number of aromatic nitrogens is 1. The van der Waals surface area contributed by atoms with Crippen LogP contribution in [0.4, 0.5) is 9.52 Å². The molecule has 1 fully saturated rings. The fourth-order valence-corrected chi connectivity index (χ4v) is 3.65. The Bertz CT molecular complexity index is 745. The number of hydrogen-bond donors (Lipinski definition) is 1. The molecule has 0 saturated carbocycles. The highest BCUT2D eigenvalue weighted by Crippen LogP contribution is 2.21. The predicted octanol–water partition coefficient (Wildman–Crippen LogP) is 3.21. The number of halogens is 1. The Balaban J connectivity index is 1.54. The van der Waals surface area contributed by atoms with E-state index in [4.69, 9.17) is 0 Å². The lowest BCUT2D eigenvalue weighted by Crippen LogP contribution is -2.37. The lowest BCUT2D eigenvalue weighted by molar-refractivity contribution is -0.134. The number of carbonyl (C=O) groups is 2. The highest BCUT2D eigenvalue weighted by atomic mass is 32.1. The monoisotopic (exact) mass is 361 g/mol. The molecule has 25 heavy (non-hydrogen) atoms. The smallest absolute Gasteiger partial charge is 0.245 e. The summed E-state index contributed by atoms with van der Waals surface area (Å²) in [6.07, 6.45) is 5.74. The zero-order chi connectivity index (χ0) is 17.6. The quantitative estimate of drug-likeness (QED) is 0.889. The van der Waals surface area contributed by atoms with Gasteiger partial charge in [0.25, 0.3) is 0 Å². The van der Waals surface area contributed by atoms with Gasteiger partial charge in [0.05, 0.1) is 6.54 Å². The lowest BCUT2D eigenvalue weighted by atomic mass is 10.1. The van der Waals surface area contributed by atoms with E-state index in [0.717, 1.165) is 29.7 Å². The number of nitrogens with one attached hydrogen (secondary N) is 1. The number of likely N-dealkylation sites (tertiary alicyclic amines) is 1. The van der Waals surface area contributed by atoms with Gasteiger partial charge in [-0.25, -0.2) is 9.37 Å². The normalized spacial score (nSPS) is 15.1. The maximum absolute atomic E-state index is 12.9. The maximum atomic E-state index is 12.9. The second-order valence-electron chi connectivity index (χ2n) is 6.11. The summed E-state index contributed by atoms with van der Waals surface area (Å²) in [4.78, 5) is 30.9. The van der Waals surface area contributed by atoms with Gasteiger partial charge in [0, 0.05) is 30.5 Å². The molecular formula is C18H20FN3O2S. The van der Waals surface area contributed by atoms with E-state index in [1.54, 1.807) is 23.2 Å². The van der Waals surface area contributed by atoms with Crippen molar-refractivity contribution in [3.05, 3.63) is 46.7 Å². The molecule has 2 amide bonds. The molecular weight excluding hydrogens is 341 g/mol. The minimum Gasteiger partial charge on any atom is -0.333 e. The first kappa shape index (κ1) is 17.5. The van der Waals surface area contributed by atoms with Crippen LogP contribution >= 0.6 is 11.3 Å². The van der Waals surface area contributed by atoms with Crippen LogP contribution in [0.15, 0.2) is 30.5 Å². The van der Waals surface area contributed by atoms with Gasteiger partial charge in [-0.3, -0.25) is 9.59 Å². The van der Waals surface area contributed by atoms with Crippen LogP contribution in [0, 0.1) is 5.82 Å². The Kier molecular flexibility index (Phi) is 5.75. The Morgan fingerprint density at radius 3 is 2.84 bits per heavy atom. The molecule has 0 radical (unpaired) electrons. The Labute approximate surface area is 149 Å². The van der Waals surface area contributed by atoms with E-state index in [9.17, 15) is 14.0 Å². The van der Waals surface area contributed by atoms with Crippen LogP contribution in [0.5, 0.6) is 0 Å². The third-order valence-electron chi connectivity index (χ3n) is 4.10. The Hall–Kier alpha value is -2.28. The number of benzene rings is 1. The van der Waals surface area contributed by atoms with Crippen LogP contribution in [-0.2, 0) is 16.0 Å². The lowest BCUT2D eigenvalue weighted by Gasteiger charge is -2.19. The van der Waals surface area contributed by atoms with Gasteiger partial charge in [-0.15, -0.1) is 11.3 Å². The van der Waals surface area contributed by atoms with Gasteiger partial charge in [0.15, 0.2) is 5.13 Å². The summed E-state index contributed by atoms with van der Waals surface area (Å²) in [6, 6.07) is 6.32. The third kappa shape index (κ3) is 5.09. The van der Waals surface area contributed by atoms with Crippen molar-refractivity contribution in [1.82, 2.24) is 9.88 Å². The molecule has 1 aromatic heterocycles. The molecule has 132 valence electrons. The Morgan fingerprint density at radius 2 is 2.04 bits per heavy atom. The number of anilines is 1. The summed E-state index contributed by atoms with van der Waals surface area (Å²) in [7, 11) is 0. The van der Waals surface area contributed by atoms with Gasteiger partial charge in [0.1, 0.15) is 5.82 Å². The zero-order valence-electron chi connectivity index (χ0n) is 13.8. The third-order valence-corrected chi connectivity index (χ3v) is 5.01. The van der Waals surface area contributed by atoms with Crippen LogP contribution in [0.2, 0.25) is 0 Å². The molecule has 0 spiro atoms. The Morgan fingerprint density at radius 1 is 1.24 bits per heavy atom. The molecule has 1 aliphatic rings. The van der Waals surface area contributed by atoms with E-state index in [1.165, 1.54) is 23.5 Å². The van der Waals surface area contributed by atoms with Crippen molar-refractivity contribution in [1.29, 1.82) is 0 Å². The number of rotatable bonds is 5. The molecule has 3 rings (SSSR count). The molecule has 0 unspecified atom stereocenters. The van der Waals surface area contributed by atoms with E-state index in [2.05, 4.69) is 10.3 Å². The zero-order valence-corrected chi connectivity index (χ0v) is 14.7. The first-order valence-corrected chi connectivity index (χ1v) is 9.18. The summed E-state index contributed by atoms with van der Waals surface area (Å²) in [5.41, 5.74) is 0.984. The molecule has 1 aliphatic heterocycles. The molecule has 1 aromatic carbocycles. The first-order valence-electron chi connectivity index (χ1n) is 8.37. The molecule has 0 aliphatic carbocycles. The van der Waals surface area contributed by atoms with Crippen molar-refractivity contribution in [3.63, 3.8) is 0 Å². The number of nitrogens with zero attached hydrogens (tertiary/aromatic N) is 2. The second kappa shape index (κ2) is 8.20. The highest BCUT2D eigenvalue weighted by molar-refractivity contribution is 7.15. The summed E-state index contributed by atoms with van der Waals surface area (Å²) in [5, 5.41) is 3.28. The highest BCUT2D eigenvalue weighted by Gasteiger charge is 2.19. The first-order chi connectivity index (χ1) is 12.1. The van der Waals surface area contributed by atoms with E-state index >= 15 is 0 Å². The predicted molar refractivity (Wildman–Crippen MR) is 95.0 cm³/mol. The molecule has 5 nitrogen and oxygen atoms in total. The van der Waals surface area contributed by atoms with Gasteiger partial charge in [0.2, 0.25) is 11.8 Å². The molecule has 2 heterocycles. The summed E-state index contributed by atoms with van der Waals surface area (Å²) >= 11 is 1.39. The average Bonchev–Trinajstić information content (AvgIpc) is 2.92.